The van der Waals surface area contributed by atoms with E-state index in [0.717, 1.165) is 15.4 Å². The second kappa shape index (κ2) is 10.3. The van der Waals surface area contributed by atoms with Crippen LogP contribution in [0.2, 0.25) is 0 Å². The van der Waals surface area contributed by atoms with Crippen molar-refractivity contribution in [2.75, 3.05) is 25.0 Å². The first-order chi connectivity index (χ1) is 16.8. The highest BCUT2D eigenvalue weighted by atomic mass is 32.2. The molecule has 0 fully saturated rings. The Labute approximate surface area is 205 Å². The number of carbonyl (C=O) groups is 2. The van der Waals surface area contributed by atoms with E-state index in [1.165, 1.54) is 24.1 Å². The van der Waals surface area contributed by atoms with Gasteiger partial charge in [0.25, 0.3) is 5.91 Å². The Bertz CT molecular complexity index is 1310. The van der Waals surface area contributed by atoms with Gasteiger partial charge in [-0.2, -0.15) is 4.31 Å². The van der Waals surface area contributed by atoms with Crippen LogP contribution >= 0.6 is 0 Å². The number of nitrogens with one attached hydrogen (secondary N) is 1. The lowest BCUT2D eigenvalue weighted by Gasteiger charge is -2.35. The Morgan fingerprint density at radius 3 is 2.37 bits per heavy atom. The van der Waals surface area contributed by atoms with Crippen LogP contribution < -0.4 is 15.0 Å². The van der Waals surface area contributed by atoms with Gasteiger partial charge >= 0.3 is 0 Å². The van der Waals surface area contributed by atoms with Crippen LogP contribution in [0.3, 0.4) is 0 Å². The van der Waals surface area contributed by atoms with Crippen molar-refractivity contribution in [3.63, 3.8) is 0 Å². The summed E-state index contributed by atoms with van der Waals surface area (Å²) in [5.41, 5.74) is 2.36. The summed E-state index contributed by atoms with van der Waals surface area (Å²) in [6.45, 7) is 1.77. The highest BCUT2D eigenvalue weighted by molar-refractivity contribution is 7.89. The Balaban J connectivity index is 1.49. The van der Waals surface area contributed by atoms with E-state index in [4.69, 9.17) is 4.74 Å². The molecule has 3 aromatic rings. The molecule has 8 nitrogen and oxygen atoms in total. The number of benzene rings is 3. The van der Waals surface area contributed by atoms with Gasteiger partial charge < -0.3 is 15.0 Å². The third-order valence-electron chi connectivity index (χ3n) is 5.76. The first-order valence-corrected chi connectivity index (χ1v) is 12.6. The summed E-state index contributed by atoms with van der Waals surface area (Å²) in [5, 5.41) is 2.84. The number of para-hydroxylation sites is 2. The predicted molar refractivity (Wildman–Crippen MR) is 132 cm³/mol. The average molecular weight is 494 g/mol. The standard InChI is InChI=1S/C26H27N3O5S/c1-19-12-14-21(15-13-19)35(32,33)28(2)18-25(30)29-17-24(34-23-11-7-6-10-22(23)29)26(31)27-16-20-8-4-3-5-9-20/h3-15,24H,16-18H2,1-2H3,(H,27,31). The molecule has 1 aliphatic heterocycles. The Morgan fingerprint density at radius 2 is 1.66 bits per heavy atom. The van der Waals surface area contributed by atoms with Crippen LogP contribution in [-0.2, 0) is 26.2 Å². The summed E-state index contributed by atoms with van der Waals surface area (Å²) in [4.78, 5) is 27.7. The molecular formula is C26H27N3O5S. The van der Waals surface area contributed by atoms with Gasteiger partial charge in [-0.25, -0.2) is 8.42 Å². The SMILES string of the molecule is Cc1ccc(S(=O)(=O)N(C)CC(=O)N2CC(C(=O)NCc3ccccc3)Oc3ccccc32)cc1. The number of hydrogen-bond acceptors (Lipinski definition) is 5. The molecule has 1 heterocycles. The van der Waals surface area contributed by atoms with E-state index in [1.54, 1.807) is 36.4 Å². The van der Waals surface area contributed by atoms with Crippen LogP contribution in [0.25, 0.3) is 0 Å². The number of likely N-dealkylation sites (N-methyl/N-ethyl adjacent to an activating group) is 1. The zero-order chi connectivity index (χ0) is 25.0. The molecular weight excluding hydrogens is 466 g/mol. The predicted octanol–water partition coefficient (Wildman–Crippen LogP) is 2.73. The minimum absolute atomic E-state index is 0.0328. The molecule has 1 N–H and O–H groups in total. The number of fused-ring (bicyclic) bond motifs is 1. The van der Waals surface area contributed by atoms with Crippen molar-refractivity contribution < 1.29 is 22.7 Å². The van der Waals surface area contributed by atoms with Gasteiger partial charge in [0, 0.05) is 13.6 Å². The summed E-state index contributed by atoms with van der Waals surface area (Å²) >= 11 is 0. The van der Waals surface area contributed by atoms with Crippen LogP contribution in [0.1, 0.15) is 11.1 Å². The van der Waals surface area contributed by atoms with Gasteiger partial charge in [-0.3, -0.25) is 9.59 Å². The molecule has 4 rings (SSSR count). The molecule has 0 radical (unpaired) electrons. The van der Waals surface area contributed by atoms with E-state index in [2.05, 4.69) is 5.32 Å². The fraction of sp³-hybridized carbons (Fsp3) is 0.231. The van der Waals surface area contributed by atoms with Crippen molar-refractivity contribution in [3.05, 3.63) is 90.0 Å². The van der Waals surface area contributed by atoms with E-state index in [-0.39, 0.29) is 23.9 Å². The Morgan fingerprint density at radius 1 is 1.00 bits per heavy atom. The van der Waals surface area contributed by atoms with Crippen molar-refractivity contribution in [1.29, 1.82) is 0 Å². The van der Waals surface area contributed by atoms with Crippen molar-refractivity contribution in [3.8, 4) is 5.75 Å². The number of anilines is 1. The van der Waals surface area contributed by atoms with Crippen LogP contribution in [0.5, 0.6) is 5.75 Å². The number of nitrogens with zero attached hydrogens (tertiary/aromatic N) is 2. The lowest BCUT2D eigenvalue weighted by atomic mass is 10.1. The van der Waals surface area contributed by atoms with E-state index < -0.39 is 22.0 Å². The molecule has 2 amide bonds. The topological polar surface area (TPSA) is 96.0 Å². The molecule has 1 atom stereocenters. The maximum Gasteiger partial charge on any atom is 0.263 e. The van der Waals surface area contributed by atoms with Gasteiger partial charge in [-0.1, -0.05) is 60.2 Å². The lowest BCUT2D eigenvalue weighted by molar-refractivity contribution is -0.128. The largest absolute Gasteiger partial charge is 0.477 e. The summed E-state index contributed by atoms with van der Waals surface area (Å²) in [6, 6.07) is 22.8. The van der Waals surface area contributed by atoms with E-state index in [9.17, 15) is 18.0 Å². The van der Waals surface area contributed by atoms with Gasteiger partial charge in [0.1, 0.15) is 5.75 Å². The highest BCUT2D eigenvalue weighted by Crippen LogP contribution is 2.33. The molecule has 3 aromatic carbocycles. The second-order valence-electron chi connectivity index (χ2n) is 8.36. The first kappa shape index (κ1) is 24.4. The maximum atomic E-state index is 13.3. The highest BCUT2D eigenvalue weighted by Gasteiger charge is 2.35. The molecule has 0 bridgehead atoms. The number of sulfonamides is 1. The monoisotopic (exact) mass is 493 g/mol. The van der Waals surface area contributed by atoms with Gasteiger partial charge in [0.2, 0.25) is 15.9 Å². The second-order valence-corrected chi connectivity index (χ2v) is 10.4. The maximum absolute atomic E-state index is 13.3. The molecule has 9 heteroatoms. The van der Waals surface area contributed by atoms with E-state index in [1.807, 2.05) is 37.3 Å². The minimum atomic E-state index is -3.86. The molecule has 0 saturated heterocycles. The smallest absolute Gasteiger partial charge is 0.263 e. The number of carbonyl (C=O) groups excluding carboxylic acids is 2. The van der Waals surface area contributed by atoms with Crippen molar-refractivity contribution in [2.45, 2.75) is 24.5 Å². The summed E-state index contributed by atoms with van der Waals surface area (Å²) in [5.74, 6) is -0.433. The fourth-order valence-electron chi connectivity index (χ4n) is 3.76. The average Bonchev–Trinajstić information content (AvgIpc) is 2.87. The zero-order valence-electron chi connectivity index (χ0n) is 19.5. The minimum Gasteiger partial charge on any atom is -0.477 e. The number of amides is 2. The third-order valence-corrected chi connectivity index (χ3v) is 7.58. The molecule has 1 unspecified atom stereocenters. The molecule has 35 heavy (non-hydrogen) atoms. The van der Waals surface area contributed by atoms with Crippen LogP contribution in [0.15, 0.2) is 83.8 Å². The molecule has 182 valence electrons. The normalized spacial score (nSPS) is 15.3. The quantitative estimate of drug-likeness (QED) is 0.546. The number of rotatable bonds is 7. The summed E-state index contributed by atoms with van der Waals surface area (Å²) in [6.07, 6.45) is -0.934. The lowest BCUT2D eigenvalue weighted by Crippen LogP contribution is -2.52. The van der Waals surface area contributed by atoms with Gasteiger partial charge in [-0.05, 0) is 36.8 Å². The van der Waals surface area contributed by atoms with Gasteiger partial charge in [0.05, 0.1) is 23.7 Å². The fourth-order valence-corrected chi connectivity index (χ4v) is 4.88. The van der Waals surface area contributed by atoms with E-state index in [0.29, 0.717) is 18.0 Å². The van der Waals surface area contributed by atoms with Crippen LogP contribution in [-0.4, -0.2) is 50.8 Å². The van der Waals surface area contributed by atoms with E-state index >= 15 is 0 Å². The van der Waals surface area contributed by atoms with Crippen molar-refractivity contribution >= 4 is 27.5 Å². The number of aryl methyl sites for hydroxylation is 1. The number of ether oxygens (including phenoxy) is 1. The van der Waals surface area contributed by atoms with Crippen LogP contribution in [0, 0.1) is 6.92 Å². The summed E-state index contributed by atoms with van der Waals surface area (Å²) in [7, 11) is -2.50. The third kappa shape index (κ3) is 5.52. The van der Waals surface area contributed by atoms with Crippen molar-refractivity contribution in [1.82, 2.24) is 9.62 Å². The number of hydrogen-bond donors (Lipinski definition) is 1. The zero-order valence-corrected chi connectivity index (χ0v) is 20.4. The first-order valence-electron chi connectivity index (χ1n) is 11.2. The van der Waals surface area contributed by atoms with Gasteiger partial charge in [-0.15, -0.1) is 0 Å². The molecule has 0 spiro atoms. The van der Waals surface area contributed by atoms with Crippen molar-refractivity contribution in [2.24, 2.45) is 0 Å². The molecule has 0 saturated carbocycles. The molecule has 0 aromatic heterocycles. The summed E-state index contributed by atoms with van der Waals surface area (Å²) < 4.78 is 32.8. The Hall–Kier alpha value is -3.69. The Kier molecular flexibility index (Phi) is 7.18. The van der Waals surface area contributed by atoms with Gasteiger partial charge in [0.15, 0.2) is 6.10 Å². The molecule has 0 aliphatic carbocycles. The van der Waals surface area contributed by atoms with Crippen LogP contribution in [0.4, 0.5) is 5.69 Å². The molecule has 1 aliphatic rings.